The number of hydrogen-bond donors (Lipinski definition) is 1. The number of para-hydroxylation sites is 1. The number of aryl methyl sites for hydroxylation is 2. The number of hydrogen-bond acceptors (Lipinski definition) is 4. The number of nitrogens with zero attached hydrogens (tertiary/aromatic N) is 2. The van der Waals surface area contributed by atoms with Crippen molar-refractivity contribution in [2.45, 2.75) is 13.8 Å². The molecule has 0 aliphatic heterocycles. The van der Waals surface area contributed by atoms with Gasteiger partial charge >= 0.3 is 0 Å². The van der Waals surface area contributed by atoms with Crippen molar-refractivity contribution in [1.82, 2.24) is 4.57 Å². The van der Waals surface area contributed by atoms with Crippen LogP contribution in [0, 0.1) is 31.0 Å². The molecule has 0 saturated heterocycles. The predicted octanol–water partition coefficient (Wildman–Crippen LogP) is 3.80. The molecule has 0 atom stereocenters. The van der Waals surface area contributed by atoms with Crippen LogP contribution in [0.25, 0.3) is 17.3 Å². The first-order valence-electron chi connectivity index (χ1n) is 10.4. The number of carbonyl (C=O) groups is 1. The Morgan fingerprint density at radius 3 is 2.38 bits per heavy atom. The predicted molar refractivity (Wildman–Crippen MR) is 133 cm³/mol. The number of nitrogens with one attached hydrogen (secondary N) is 1. The molecule has 4 rings (SSSR count). The van der Waals surface area contributed by atoms with E-state index in [-0.39, 0.29) is 21.6 Å². The molecule has 0 saturated carbocycles. The zero-order chi connectivity index (χ0) is 24.2. The van der Waals surface area contributed by atoms with Crippen LogP contribution in [0.1, 0.15) is 16.7 Å². The molecule has 1 N–H and O–H groups in total. The molecule has 34 heavy (non-hydrogen) atoms. The Morgan fingerprint density at radius 1 is 1.03 bits per heavy atom. The topological polar surface area (TPSA) is 74.9 Å². The molecule has 0 spiro atoms. The first-order valence-corrected chi connectivity index (χ1v) is 11.3. The minimum absolute atomic E-state index is 0.178. The highest BCUT2D eigenvalue weighted by Crippen LogP contribution is 2.15. The summed E-state index contributed by atoms with van der Waals surface area (Å²) in [7, 11) is 0. The van der Waals surface area contributed by atoms with E-state index in [1.165, 1.54) is 16.7 Å². The van der Waals surface area contributed by atoms with E-state index in [0.29, 0.717) is 21.5 Å². The fraction of sp³-hybridized carbons (Fsp3) is 0.0741. The summed E-state index contributed by atoms with van der Waals surface area (Å²) in [5, 5.41) is 12.7. The molecule has 1 aromatic heterocycles. The number of anilines is 1. The lowest BCUT2D eigenvalue weighted by Gasteiger charge is -2.07. The average molecular weight is 470 g/mol. The molecular weight excluding hydrogens is 449 g/mol. The van der Waals surface area contributed by atoms with Gasteiger partial charge in [-0.3, -0.25) is 14.2 Å². The van der Waals surface area contributed by atoms with Crippen molar-refractivity contribution in [1.29, 1.82) is 5.26 Å². The second-order valence-electron chi connectivity index (χ2n) is 7.68. The van der Waals surface area contributed by atoms with E-state index >= 15 is 0 Å². The summed E-state index contributed by atoms with van der Waals surface area (Å²) >= 11 is 1.04. The molecule has 0 bridgehead atoms. The van der Waals surface area contributed by atoms with E-state index in [1.54, 1.807) is 48.5 Å². The van der Waals surface area contributed by atoms with Crippen LogP contribution in [0.4, 0.5) is 10.1 Å². The summed E-state index contributed by atoms with van der Waals surface area (Å²) in [6.45, 7) is 3.90. The summed E-state index contributed by atoms with van der Waals surface area (Å²) in [6.07, 6.45) is 1.62. The second kappa shape index (κ2) is 9.69. The normalized spacial score (nSPS) is 12.2. The zero-order valence-corrected chi connectivity index (χ0v) is 19.3. The minimum Gasteiger partial charge on any atom is -0.321 e. The summed E-state index contributed by atoms with van der Waals surface area (Å²) < 4.78 is 15.2. The van der Waals surface area contributed by atoms with E-state index in [2.05, 4.69) is 5.32 Å². The van der Waals surface area contributed by atoms with Crippen molar-refractivity contribution < 1.29 is 9.18 Å². The van der Waals surface area contributed by atoms with E-state index in [4.69, 9.17) is 0 Å². The van der Waals surface area contributed by atoms with E-state index in [1.807, 2.05) is 38.1 Å². The van der Waals surface area contributed by atoms with Crippen molar-refractivity contribution in [3.63, 3.8) is 0 Å². The molecule has 0 radical (unpaired) electrons. The Kier molecular flexibility index (Phi) is 6.53. The van der Waals surface area contributed by atoms with Crippen molar-refractivity contribution in [2.24, 2.45) is 0 Å². The zero-order valence-electron chi connectivity index (χ0n) is 18.5. The van der Waals surface area contributed by atoms with Gasteiger partial charge in [0, 0.05) is 5.69 Å². The van der Waals surface area contributed by atoms with Crippen molar-refractivity contribution >= 4 is 34.6 Å². The van der Waals surface area contributed by atoms with Gasteiger partial charge < -0.3 is 5.32 Å². The van der Waals surface area contributed by atoms with Crippen molar-refractivity contribution in [3.05, 3.63) is 115 Å². The Bertz CT molecular complexity index is 1600. The first-order chi connectivity index (χ1) is 16.4. The molecule has 7 heteroatoms. The van der Waals surface area contributed by atoms with Gasteiger partial charge in [-0.15, -0.1) is 11.3 Å². The number of nitriles is 1. The summed E-state index contributed by atoms with van der Waals surface area (Å²) in [6, 6.07) is 22.0. The maximum Gasteiger partial charge on any atom is 0.273 e. The maximum atomic E-state index is 13.4. The minimum atomic E-state index is -0.606. The Hall–Kier alpha value is -4.28. The van der Waals surface area contributed by atoms with Gasteiger partial charge in [0.05, 0.1) is 10.2 Å². The Morgan fingerprint density at radius 2 is 1.74 bits per heavy atom. The number of amides is 1. The molecule has 1 amide bonds. The monoisotopic (exact) mass is 469 g/mol. The van der Waals surface area contributed by atoms with Crippen LogP contribution in [-0.4, -0.2) is 10.5 Å². The van der Waals surface area contributed by atoms with E-state index in [9.17, 15) is 19.2 Å². The third-order valence-electron chi connectivity index (χ3n) is 5.32. The lowest BCUT2D eigenvalue weighted by molar-refractivity contribution is -0.111. The van der Waals surface area contributed by atoms with Gasteiger partial charge in [0.25, 0.3) is 11.5 Å². The largest absolute Gasteiger partial charge is 0.321 e. The number of halogens is 1. The van der Waals surface area contributed by atoms with Gasteiger partial charge in [0.2, 0.25) is 0 Å². The van der Waals surface area contributed by atoms with Gasteiger partial charge in [0.1, 0.15) is 16.5 Å². The van der Waals surface area contributed by atoms with Gasteiger partial charge in [-0.25, -0.2) is 4.39 Å². The highest BCUT2D eigenvalue weighted by atomic mass is 32.1. The molecular formula is C27H20FN3O2S. The maximum absolute atomic E-state index is 13.4. The molecule has 0 fully saturated rings. The summed E-state index contributed by atoms with van der Waals surface area (Å²) in [4.78, 5) is 26.5. The lowest BCUT2D eigenvalue weighted by Crippen LogP contribution is -2.32. The second-order valence-corrected chi connectivity index (χ2v) is 8.71. The molecule has 1 heterocycles. The smallest absolute Gasteiger partial charge is 0.273 e. The van der Waals surface area contributed by atoms with Crippen LogP contribution >= 0.6 is 11.3 Å². The SMILES string of the molecule is Cc1ccc(NC(=O)C(C#N)=c2sc(=Cc3ccc(F)cc3)c(=O)n2-c2ccccc2)cc1C. The molecule has 0 unspecified atom stereocenters. The number of rotatable bonds is 4. The molecule has 0 aliphatic rings. The van der Waals surface area contributed by atoms with Gasteiger partial charge in [-0.05, 0) is 73.0 Å². The quantitative estimate of drug-likeness (QED) is 0.494. The number of aromatic nitrogens is 1. The van der Waals surface area contributed by atoms with Crippen LogP contribution in [0.3, 0.4) is 0 Å². The fourth-order valence-electron chi connectivity index (χ4n) is 3.38. The van der Waals surface area contributed by atoms with Crippen molar-refractivity contribution in [3.8, 4) is 11.8 Å². The average Bonchev–Trinajstić information content (AvgIpc) is 3.14. The van der Waals surface area contributed by atoms with Gasteiger partial charge in [-0.2, -0.15) is 5.26 Å². The fourth-order valence-corrected chi connectivity index (χ4v) is 4.48. The standard InChI is InChI=1S/C27H20FN3O2S/c1-17-8-13-21(14-18(17)2)30-25(32)23(16-29)27-31(22-6-4-3-5-7-22)26(33)24(34-27)15-19-9-11-20(28)12-10-19/h3-15H,1-2H3,(H,30,32). The molecule has 168 valence electrons. The van der Waals surface area contributed by atoms with Crippen molar-refractivity contribution in [2.75, 3.05) is 5.32 Å². The Labute approximate surface area is 199 Å². The third-order valence-corrected chi connectivity index (χ3v) is 6.42. The van der Waals surface area contributed by atoms with Crippen LogP contribution in [0.2, 0.25) is 0 Å². The highest BCUT2D eigenvalue weighted by Gasteiger charge is 2.17. The summed E-state index contributed by atoms with van der Waals surface area (Å²) in [5.74, 6) is -0.987. The van der Waals surface area contributed by atoms with Gasteiger partial charge in [-0.1, -0.05) is 36.4 Å². The van der Waals surface area contributed by atoms with Gasteiger partial charge in [0.15, 0.2) is 5.57 Å². The Balaban J connectivity index is 1.93. The molecule has 3 aromatic carbocycles. The number of carbonyl (C=O) groups excluding carboxylic acids is 1. The number of benzene rings is 3. The lowest BCUT2D eigenvalue weighted by atomic mass is 10.1. The molecule has 4 aromatic rings. The van der Waals surface area contributed by atoms with Crippen LogP contribution in [0.5, 0.6) is 0 Å². The highest BCUT2D eigenvalue weighted by molar-refractivity contribution is 7.07. The molecule has 0 aliphatic carbocycles. The number of thiazole rings is 1. The van der Waals surface area contributed by atoms with Crippen LogP contribution < -0.4 is 20.1 Å². The summed E-state index contributed by atoms with van der Waals surface area (Å²) in [5.41, 5.74) is 3.26. The first kappa shape index (κ1) is 22.9. The van der Waals surface area contributed by atoms with Crippen LogP contribution in [-0.2, 0) is 4.79 Å². The van der Waals surface area contributed by atoms with E-state index in [0.717, 1.165) is 22.5 Å². The molecule has 5 nitrogen and oxygen atoms in total. The van der Waals surface area contributed by atoms with Crippen LogP contribution in [0.15, 0.2) is 77.6 Å². The van der Waals surface area contributed by atoms with E-state index < -0.39 is 5.91 Å². The third kappa shape index (κ3) is 4.72.